The summed E-state index contributed by atoms with van der Waals surface area (Å²) in [7, 11) is 0. The number of likely N-dealkylation sites (tertiary alicyclic amines) is 1. The summed E-state index contributed by atoms with van der Waals surface area (Å²) in [5.41, 5.74) is 7.86. The molecule has 11 aliphatic rings. The number of aromatic nitrogens is 2. The van der Waals surface area contributed by atoms with Crippen LogP contribution in [0, 0.1) is 11.6 Å². The number of anilines is 5. The molecular formula is C105H107Cl4F2N15O10. The first-order chi connectivity index (χ1) is 65.7. The van der Waals surface area contributed by atoms with Gasteiger partial charge in [-0.25, -0.2) is 13.8 Å². The van der Waals surface area contributed by atoms with E-state index in [2.05, 4.69) is 80.8 Å². The van der Waals surface area contributed by atoms with Crippen LogP contribution in [0.3, 0.4) is 0 Å². The highest BCUT2D eigenvalue weighted by Crippen LogP contribution is 2.65. The van der Waals surface area contributed by atoms with Crippen LogP contribution in [0.1, 0.15) is 226 Å². The van der Waals surface area contributed by atoms with E-state index >= 15 is 8.78 Å². The van der Waals surface area contributed by atoms with Crippen molar-refractivity contribution in [2.75, 3.05) is 52.8 Å². The third-order valence-electron chi connectivity index (χ3n) is 30.4. The van der Waals surface area contributed by atoms with Gasteiger partial charge in [-0.05, 0) is 239 Å². The van der Waals surface area contributed by atoms with Crippen LogP contribution in [0.2, 0.25) is 20.1 Å². The van der Waals surface area contributed by atoms with Gasteiger partial charge in [-0.1, -0.05) is 153 Å². The summed E-state index contributed by atoms with van der Waals surface area (Å²) in [6.45, 7) is 12.3. The SMILES string of the molecule is C=C1CCC(N2Cc3c(CCc4cncn4CCCNC(=O)c4ccc(NC(=O)[C@@H]5NC6(CCCCC6)[C@@]6(C(=O)Nc7cc(Cl)ccc76)[C@H]5c5cccc(Cl)c5F)cc4)cccc3C2=O)C(=O)N1.C=C1CCC(N2Cc3c(NC4CCN(CCCCC(=O)c5ccc(NC(=O)[C@@H]6NC7(CCCCC7)[C@@]7(C(=O)Nc8cc(Cl)ccc87)[C@H]6c6cccc(Cl)c6F)cc5)CC4)cccc3C2=O)C(=O)N1. The average Bonchev–Trinajstić information content (AvgIpc) is 1.51. The normalized spacial score (nSPS) is 23.5. The fourth-order valence-corrected chi connectivity index (χ4v) is 24.7. The third kappa shape index (κ3) is 17.1. The predicted molar refractivity (Wildman–Crippen MR) is 519 cm³/mol. The Labute approximate surface area is 807 Å². The number of piperidine rings is 3. The number of unbranched alkanes of at least 4 members (excludes halogenated alkanes) is 1. The zero-order valence-corrected chi connectivity index (χ0v) is 78.2. The second-order valence-corrected chi connectivity index (χ2v) is 39.8. The maximum absolute atomic E-state index is 16.3. The Kier molecular flexibility index (Phi) is 26.4. The number of aryl methyl sites for hydroxylation is 3. The monoisotopic (exact) mass is 1920 g/mol. The highest BCUT2D eigenvalue weighted by molar-refractivity contribution is 6.32. The summed E-state index contributed by atoms with van der Waals surface area (Å²) < 4.78 is 34.7. The van der Waals surface area contributed by atoms with Crippen molar-refractivity contribution in [3.05, 3.63) is 293 Å². The molecule has 4 spiro atoms. The van der Waals surface area contributed by atoms with Crippen molar-refractivity contribution >= 4 is 134 Å². The molecule has 8 atom stereocenters. The Hall–Kier alpha value is -12.0. The van der Waals surface area contributed by atoms with E-state index in [1.807, 2.05) is 54.7 Å². The lowest BCUT2D eigenvalue weighted by Crippen LogP contribution is -2.60. The second kappa shape index (κ2) is 38.6. The maximum atomic E-state index is 16.3. The quantitative estimate of drug-likeness (QED) is 0.0199. The number of hydrogen-bond acceptors (Lipinski definition) is 15. The molecule has 9 aliphatic heterocycles. The number of nitrogens with one attached hydrogen (secondary N) is 10. The van der Waals surface area contributed by atoms with Crippen LogP contribution in [0.4, 0.5) is 37.2 Å². The summed E-state index contributed by atoms with van der Waals surface area (Å²) in [5.74, 6) is -5.60. The summed E-state index contributed by atoms with van der Waals surface area (Å²) in [6, 6.07) is 42.1. The van der Waals surface area contributed by atoms with Crippen molar-refractivity contribution in [1.82, 2.24) is 50.8 Å². The van der Waals surface area contributed by atoms with Gasteiger partial charge in [0.15, 0.2) is 5.78 Å². The molecule has 9 aromatic rings. The molecule has 7 fully saturated rings. The summed E-state index contributed by atoms with van der Waals surface area (Å²) >= 11 is 25.6. The van der Waals surface area contributed by atoms with Gasteiger partial charge in [0.1, 0.15) is 34.5 Å². The van der Waals surface area contributed by atoms with Gasteiger partial charge in [0.2, 0.25) is 35.4 Å². The van der Waals surface area contributed by atoms with E-state index < -0.39 is 81.4 Å². The lowest BCUT2D eigenvalue weighted by Gasteiger charge is -2.47. The van der Waals surface area contributed by atoms with E-state index in [0.717, 1.165) is 112 Å². The second-order valence-electron chi connectivity index (χ2n) is 38.1. The van der Waals surface area contributed by atoms with Crippen molar-refractivity contribution in [2.45, 2.75) is 225 Å². The number of carbonyl (C=O) groups excluding carboxylic acids is 10. The first kappa shape index (κ1) is 93.1. The first-order valence-electron chi connectivity index (χ1n) is 47.3. The molecule has 20 rings (SSSR count). The van der Waals surface area contributed by atoms with Gasteiger partial charge < -0.3 is 61.8 Å². The van der Waals surface area contributed by atoms with Gasteiger partial charge in [0.05, 0.1) is 28.5 Å². The number of imidazole rings is 1. The van der Waals surface area contributed by atoms with Crippen LogP contribution in [-0.2, 0) is 72.1 Å². The molecule has 136 heavy (non-hydrogen) atoms. The van der Waals surface area contributed by atoms with Crippen molar-refractivity contribution in [3.63, 3.8) is 0 Å². The number of allylic oxidation sites excluding steroid dienone is 2. The van der Waals surface area contributed by atoms with Crippen molar-refractivity contribution < 1.29 is 56.7 Å². The van der Waals surface area contributed by atoms with Gasteiger partial charge >= 0.3 is 0 Å². The molecule has 5 saturated heterocycles. The lowest BCUT2D eigenvalue weighted by molar-refractivity contribution is -0.127. The lowest BCUT2D eigenvalue weighted by atomic mass is 9.55. The Morgan fingerprint density at radius 2 is 1.02 bits per heavy atom. The number of carbonyl (C=O) groups is 10. The predicted octanol–water partition coefficient (Wildman–Crippen LogP) is 17.1. The Morgan fingerprint density at radius 3 is 1.55 bits per heavy atom. The summed E-state index contributed by atoms with van der Waals surface area (Å²) in [5, 5.41) is 32.4. The van der Waals surface area contributed by atoms with Crippen LogP contribution >= 0.6 is 46.4 Å². The van der Waals surface area contributed by atoms with Gasteiger partial charge in [0.25, 0.3) is 17.7 Å². The molecule has 9 amide bonds. The Bertz CT molecular complexity index is 6330. The fraction of sp³-hybridized carbons (Fsp3) is 0.381. The van der Waals surface area contributed by atoms with Crippen molar-refractivity contribution in [1.29, 1.82) is 0 Å². The van der Waals surface area contributed by atoms with Gasteiger partial charge in [0, 0.05) is 164 Å². The third-order valence-corrected chi connectivity index (χ3v) is 31.4. The molecule has 1 aromatic heterocycles. The zero-order valence-electron chi connectivity index (χ0n) is 75.2. The van der Waals surface area contributed by atoms with E-state index in [-0.39, 0.29) is 74.3 Å². The average molecular weight is 1920 g/mol. The molecule has 2 aliphatic carbocycles. The summed E-state index contributed by atoms with van der Waals surface area (Å²) in [6.07, 6.45) is 19.7. The van der Waals surface area contributed by atoms with E-state index in [1.165, 1.54) is 12.1 Å². The molecule has 0 bridgehead atoms. The van der Waals surface area contributed by atoms with Gasteiger partial charge in [-0.3, -0.25) is 58.6 Å². The molecule has 25 nitrogen and oxygen atoms in total. The zero-order chi connectivity index (χ0) is 94.6. The number of fused-ring (bicyclic) bond motifs is 8. The number of ketones is 1. The molecule has 2 unspecified atom stereocenters. The number of nitrogens with zero attached hydrogens (tertiary/aromatic N) is 5. The summed E-state index contributed by atoms with van der Waals surface area (Å²) in [4.78, 5) is 148. The number of benzene rings is 8. The number of halogens is 6. The molecule has 31 heteroatoms. The van der Waals surface area contributed by atoms with Gasteiger partial charge in [-0.15, -0.1) is 0 Å². The Balaban J connectivity index is 0.000000174. The van der Waals surface area contributed by atoms with E-state index in [1.54, 1.807) is 113 Å². The van der Waals surface area contributed by atoms with E-state index in [0.29, 0.717) is 181 Å². The van der Waals surface area contributed by atoms with Crippen molar-refractivity contribution in [3.8, 4) is 0 Å². The maximum Gasteiger partial charge on any atom is 0.255 e. The van der Waals surface area contributed by atoms with Crippen molar-refractivity contribution in [2.24, 2.45) is 0 Å². The Morgan fingerprint density at radius 1 is 0.522 bits per heavy atom. The number of Topliss-reactive ketones (excluding diaryl/α,β-unsaturated/α-hetero) is 1. The van der Waals surface area contributed by atoms with Crippen LogP contribution in [0.5, 0.6) is 0 Å². The number of hydrogen-bond donors (Lipinski definition) is 10. The fourth-order valence-electron chi connectivity index (χ4n) is 23.9. The van der Waals surface area contributed by atoms with Crippen LogP contribution in [0.15, 0.2) is 195 Å². The number of amides is 9. The van der Waals surface area contributed by atoms with E-state index in [4.69, 9.17) is 46.4 Å². The van der Waals surface area contributed by atoms with Crippen LogP contribution < -0.4 is 53.2 Å². The molecule has 10 N–H and O–H groups in total. The molecule has 8 aromatic carbocycles. The highest BCUT2D eigenvalue weighted by atomic mass is 35.5. The minimum atomic E-state index is -1.36. The van der Waals surface area contributed by atoms with Crippen LogP contribution in [0.25, 0.3) is 0 Å². The molecule has 0 radical (unpaired) electrons. The molecule has 10 heterocycles. The molecular weight excluding hydrogens is 1810 g/mol. The largest absolute Gasteiger partial charge is 0.382 e. The topological polar surface area (TPSA) is 319 Å². The smallest absolute Gasteiger partial charge is 0.255 e. The molecule has 2 saturated carbocycles. The minimum absolute atomic E-state index is 0.0222. The number of rotatable bonds is 24. The molecule has 704 valence electrons. The minimum Gasteiger partial charge on any atom is -0.382 e. The van der Waals surface area contributed by atoms with Gasteiger partial charge in [-0.2, -0.15) is 0 Å². The standard InChI is InChI=1S/C53H56Cl2FN7O5.C52H51Cl2FN8O5/c1-31-14-21-43(48(65)57-31)63-30-38-36(50(63)67)9-8-12-41(38)58-35-22-27-62(28-23-35)26-6-3-13-44(64)32-15-18-34(19-16-32)59-49(66)47-45(37-10-7-11-40(55)46(37)56)53(52(61-47)24-4-2-5-25-52)39-20-17-33(54)29-42(39)60-51(53)68;1-30-12-21-42(47(65)58-30)63-28-38-31(8-5-9-36(38)49(63)67)15-19-35-27-56-29-62(35)25-7-24-57-46(64)32-13-17-34(18-14-32)59-48(66)45-43(37-10-6-11-40(54)44(37)55)52(51(61-45)22-3-2-4-23-51)39-20-16-33(53)26-41(39)60-50(52)68/h7-12,15-20,29,35,43,45,47,58,61H,1-6,13-14,21-28,30H2,(H,57,65)(H,59,66)(H,60,68);5-6,8-11,13-14,16-18,20,26-27,29,42-43,45,61H,1-4,7,12,15,19,21-25,28H2,(H,57,64)(H,58,65)(H,59,66)(H,60,68)/t43?,45-,47+,53+;42?,43-,45+,52+/m00/s1. The first-order valence-corrected chi connectivity index (χ1v) is 48.9. The highest BCUT2D eigenvalue weighted by Gasteiger charge is 2.74. The van der Waals surface area contributed by atoms with Crippen LogP contribution in [-0.4, -0.2) is 151 Å². The van der Waals surface area contributed by atoms with E-state index in [9.17, 15) is 47.9 Å².